The Morgan fingerprint density at radius 2 is 2.17 bits per heavy atom. The number of hydrogen-bond donors (Lipinski definition) is 1. The van der Waals surface area contributed by atoms with E-state index < -0.39 is 0 Å². The average molecular weight is 315 g/mol. The highest BCUT2D eigenvalue weighted by atomic mass is 79.9. The zero-order valence-electron chi connectivity index (χ0n) is 10.5. The molecule has 2 heterocycles. The molecule has 0 spiro atoms. The Labute approximate surface area is 116 Å². The molecule has 1 amide bonds. The molecule has 1 N–H and O–H groups in total. The summed E-state index contributed by atoms with van der Waals surface area (Å²) in [6, 6.07) is 1.67. The Balaban J connectivity index is 1.63. The van der Waals surface area contributed by atoms with Crippen LogP contribution < -0.4 is 5.32 Å². The van der Waals surface area contributed by atoms with E-state index in [0.29, 0.717) is 16.8 Å². The summed E-state index contributed by atoms with van der Waals surface area (Å²) >= 11 is 3.20. The van der Waals surface area contributed by atoms with Gasteiger partial charge in [0.15, 0.2) is 4.67 Å². The van der Waals surface area contributed by atoms with Crippen LogP contribution in [0.4, 0.5) is 0 Å². The van der Waals surface area contributed by atoms with Crippen molar-refractivity contribution >= 4 is 21.8 Å². The number of carbonyl (C=O) groups excluding carboxylic acids is 1. The second-order valence-corrected chi connectivity index (χ2v) is 5.34. The van der Waals surface area contributed by atoms with Gasteiger partial charge in [-0.3, -0.25) is 4.79 Å². The number of nitrogens with zero attached hydrogens (tertiary/aromatic N) is 1. The van der Waals surface area contributed by atoms with Gasteiger partial charge in [-0.2, -0.15) is 0 Å². The van der Waals surface area contributed by atoms with Gasteiger partial charge >= 0.3 is 0 Å². The predicted molar refractivity (Wildman–Crippen MR) is 73.6 cm³/mol. The minimum absolute atomic E-state index is 0.0748. The number of amides is 1. The summed E-state index contributed by atoms with van der Waals surface area (Å²) in [7, 11) is 0. The molecule has 0 aromatic carbocycles. The van der Waals surface area contributed by atoms with Crippen molar-refractivity contribution < 1.29 is 9.21 Å². The number of furan rings is 1. The molecule has 1 aliphatic rings. The van der Waals surface area contributed by atoms with Gasteiger partial charge in [-0.1, -0.05) is 6.42 Å². The first-order chi connectivity index (χ1) is 8.77. The van der Waals surface area contributed by atoms with E-state index in [1.54, 1.807) is 6.07 Å². The molecule has 100 valence electrons. The summed E-state index contributed by atoms with van der Waals surface area (Å²) in [6.07, 6.45) is 6.50. The fourth-order valence-corrected chi connectivity index (χ4v) is 2.66. The lowest BCUT2D eigenvalue weighted by atomic mass is 10.1. The topological polar surface area (TPSA) is 45.5 Å². The second kappa shape index (κ2) is 6.95. The van der Waals surface area contributed by atoms with Crippen LogP contribution in [0.5, 0.6) is 0 Å². The minimum Gasteiger partial charge on any atom is -0.457 e. The van der Waals surface area contributed by atoms with Gasteiger partial charge in [0, 0.05) is 6.54 Å². The molecule has 1 aromatic rings. The fourth-order valence-electron chi connectivity index (χ4n) is 2.24. The van der Waals surface area contributed by atoms with Crippen molar-refractivity contribution in [2.75, 3.05) is 26.2 Å². The van der Waals surface area contributed by atoms with E-state index in [4.69, 9.17) is 4.42 Å². The zero-order valence-corrected chi connectivity index (χ0v) is 12.0. The van der Waals surface area contributed by atoms with Gasteiger partial charge in [0.05, 0.1) is 11.8 Å². The van der Waals surface area contributed by atoms with Crippen LogP contribution >= 0.6 is 15.9 Å². The molecule has 1 saturated heterocycles. The van der Waals surface area contributed by atoms with E-state index >= 15 is 0 Å². The van der Waals surface area contributed by atoms with Crippen molar-refractivity contribution in [3.63, 3.8) is 0 Å². The third kappa shape index (κ3) is 3.85. The number of carbonyl (C=O) groups is 1. The van der Waals surface area contributed by atoms with Crippen LogP contribution in [0, 0.1) is 0 Å². The highest BCUT2D eigenvalue weighted by Crippen LogP contribution is 2.17. The molecule has 0 atom stereocenters. The largest absolute Gasteiger partial charge is 0.457 e. The summed E-state index contributed by atoms with van der Waals surface area (Å²) in [5.41, 5.74) is 0.563. The van der Waals surface area contributed by atoms with E-state index in [9.17, 15) is 4.79 Å². The summed E-state index contributed by atoms with van der Waals surface area (Å²) in [5.74, 6) is -0.0748. The molecule has 0 radical (unpaired) electrons. The van der Waals surface area contributed by atoms with E-state index in [-0.39, 0.29) is 5.91 Å². The third-order valence-electron chi connectivity index (χ3n) is 3.25. The highest BCUT2D eigenvalue weighted by Gasteiger charge is 2.12. The van der Waals surface area contributed by atoms with Gasteiger partial charge in [0.2, 0.25) is 0 Å². The molecule has 1 aromatic heterocycles. The van der Waals surface area contributed by atoms with Crippen LogP contribution in [0.2, 0.25) is 0 Å². The van der Waals surface area contributed by atoms with Gasteiger partial charge in [-0.25, -0.2) is 0 Å². The normalized spacial score (nSPS) is 16.7. The lowest BCUT2D eigenvalue weighted by Crippen LogP contribution is -2.33. The Kier molecular flexibility index (Phi) is 5.26. The van der Waals surface area contributed by atoms with Crippen molar-refractivity contribution in [3.05, 3.63) is 22.6 Å². The lowest BCUT2D eigenvalue weighted by molar-refractivity contribution is 0.0949. The van der Waals surface area contributed by atoms with Gasteiger partial charge in [0.1, 0.15) is 0 Å². The van der Waals surface area contributed by atoms with Crippen LogP contribution in [0.25, 0.3) is 0 Å². The number of nitrogens with one attached hydrogen (secondary N) is 1. The molecule has 1 fully saturated rings. The van der Waals surface area contributed by atoms with Crippen molar-refractivity contribution in [2.45, 2.75) is 25.7 Å². The SMILES string of the molecule is O=C(NCCCN1CCCCC1)c1ccoc1Br. The van der Waals surface area contributed by atoms with Crippen molar-refractivity contribution in [1.29, 1.82) is 0 Å². The molecule has 5 heteroatoms. The minimum atomic E-state index is -0.0748. The molecule has 1 aliphatic heterocycles. The first-order valence-electron chi connectivity index (χ1n) is 6.51. The summed E-state index contributed by atoms with van der Waals surface area (Å²) < 4.78 is 5.53. The summed E-state index contributed by atoms with van der Waals surface area (Å²) in [5, 5.41) is 2.91. The third-order valence-corrected chi connectivity index (χ3v) is 3.86. The first-order valence-corrected chi connectivity index (χ1v) is 7.30. The summed E-state index contributed by atoms with van der Waals surface area (Å²) in [4.78, 5) is 14.2. The van der Waals surface area contributed by atoms with E-state index in [1.165, 1.54) is 38.6 Å². The number of piperidine rings is 1. The smallest absolute Gasteiger partial charge is 0.255 e. The Morgan fingerprint density at radius 3 is 2.83 bits per heavy atom. The van der Waals surface area contributed by atoms with Crippen molar-refractivity contribution in [3.8, 4) is 0 Å². The number of rotatable bonds is 5. The zero-order chi connectivity index (χ0) is 12.8. The van der Waals surface area contributed by atoms with E-state index in [1.807, 2.05) is 0 Å². The molecule has 2 rings (SSSR count). The van der Waals surface area contributed by atoms with E-state index in [2.05, 4.69) is 26.1 Å². The van der Waals surface area contributed by atoms with Crippen LogP contribution in [0.3, 0.4) is 0 Å². The van der Waals surface area contributed by atoms with E-state index in [0.717, 1.165) is 13.0 Å². The molecular weight excluding hydrogens is 296 g/mol. The van der Waals surface area contributed by atoms with Gasteiger partial charge < -0.3 is 14.6 Å². The number of likely N-dealkylation sites (tertiary alicyclic amines) is 1. The van der Waals surface area contributed by atoms with Gasteiger partial charge in [-0.05, 0) is 60.9 Å². The first kappa shape index (κ1) is 13.6. The number of hydrogen-bond acceptors (Lipinski definition) is 3. The average Bonchev–Trinajstić information content (AvgIpc) is 2.82. The van der Waals surface area contributed by atoms with Crippen LogP contribution in [-0.4, -0.2) is 37.0 Å². The highest BCUT2D eigenvalue weighted by molar-refractivity contribution is 9.10. The molecule has 0 saturated carbocycles. The predicted octanol–water partition coefficient (Wildman–Crippen LogP) is 2.65. The standard InChI is InChI=1S/C13H19BrN2O2/c14-12-11(5-10-18-12)13(17)15-6-4-9-16-7-2-1-3-8-16/h5,10H,1-4,6-9H2,(H,15,17). The van der Waals surface area contributed by atoms with Crippen molar-refractivity contribution in [1.82, 2.24) is 10.2 Å². The van der Waals surface area contributed by atoms with Crippen LogP contribution in [0.1, 0.15) is 36.0 Å². The van der Waals surface area contributed by atoms with Crippen LogP contribution in [0.15, 0.2) is 21.4 Å². The summed E-state index contributed by atoms with van der Waals surface area (Å²) in [6.45, 7) is 4.21. The molecule has 18 heavy (non-hydrogen) atoms. The Morgan fingerprint density at radius 1 is 1.39 bits per heavy atom. The lowest BCUT2D eigenvalue weighted by Gasteiger charge is -2.26. The van der Waals surface area contributed by atoms with Crippen molar-refractivity contribution in [2.24, 2.45) is 0 Å². The van der Waals surface area contributed by atoms with Gasteiger partial charge in [0.25, 0.3) is 5.91 Å². The quantitative estimate of drug-likeness (QED) is 0.850. The molecule has 0 aliphatic carbocycles. The maximum Gasteiger partial charge on any atom is 0.255 e. The molecule has 0 unspecified atom stereocenters. The van der Waals surface area contributed by atoms with Crippen LogP contribution in [-0.2, 0) is 0 Å². The second-order valence-electron chi connectivity index (χ2n) is 4.62. The Hall–Kier alpha value is -0.810. The monoisotopic (exact) mass is 314 g/mol. The maximum atomic E-state index is 11.8. The molecule has 0 bridgehead atoms. The maximum absolute atomic E-state index is 11.8. The fraction of sp³-hybridized carbons (Fsp3) is 0.615. The Bertz CT molecular complexity index is 386. The van der Waals surface area contributed by atoms with Gasteiger partial charge in [-0.15, -0.1) is 0 Å². The number of halogens is 1. The molecular formula is C13H19BrN2O2. The molecule has 4 nitrogen and oxygen atoms in total.